The van der Waals surface area contributed by atoms with E-state index in [1.807, 2.05) is 18.2 Å². The van der Waals surface area contributed by atoms with Gasteiger partial charge in [-0.05, 0) is 68.6 Å². The van der Waals surface area contributed by atoms with Crippen molar-refractivity contribution in [3.05, 3.63) is 52.6 Å². The van der Waals surface area contributed by atoms with Crippen LogP contribution in [0.4, 0.5) is 0 Å². The minimum Gasteiger partial charge on any atom is -0.507 e. The Hall–Kier alpha value is -3.06. The molecular formula is C24H28N2O5. The van der Waals surface area contributed by atoms with Crippen LogP contribution in [0.5, 0.6) is 17.2 Å². The van der Waals surface area contributed by atoms with E-state index < -0.39 is 0 Å². The summed E-state index contributed by atoms with van der Waals surface area (Å²) in [5, 5.41) is 20.0. The number of aromatic hydroxyl groups is 2. The fourth-order valence-corrected chi connectivity index (χ4v) is 4.29. The second-order valence-corrected chi connectivity index (χ2v) is 8.29. The number of nitrogens with zero attached hydrogens (tertiary/aromatic N) is 2. The zero-order valence-electron chi connectivity index (χ0n) is 17.8. The van der Waals surface area contributed by atoms with Crippen LogP contribution in [0.3, 0.4) is 0 Å². The van der Waals surface area contributed by atoms with Gasteiger partial charge in [0.25, 0.3) is 5.91 Å². The summed E-state index contributed by atoms with van der Waals surface area (Å²) in [5.41, 5.74) is 2.06. The highest BCUT2D eigenvalue weighted by molar-refractivity contribution is 6.03. The number of carbonyl (C=O) groups is 2. The number of ether oxygens (including phenoxy) is 1. The Morgan fingerprint density at radius 1 is 0.968 bits per heavy atom. The van der Waals surface area contributed by atoms with Gasteiger partial charge in [-0.3, -0.25) is 9.59 Å². The number of Topliss-reactive ketones (excluding diaryl/α,β-unsaturated/α-hetero) is 1. The highest BCUT2D eigenvalue weighted by atomic mass is 16.5. The minimum atomic E-state index is -0.385. The molecule has 0 radical (unpaired) electrons. The van der Waals surface area contributed by atoms with E-state index >= 15 is 0 Å². The first-order valence-electron chi connectivity index (χ1n) is 10.8. The molecule has 0 aliphatic carbocycles. The molecule has 0 spiro atoms. The second kappa shape index (κ2) is 8.98. The maximum atomic E-state index is 13.0. The molecule has 0 saturated carbocycles. The molecule has 2 aromatic carbocycles. The summed E-state index contributed by atoms with van der Waals surface area (Å²) in [6.45, 7) is 6.21. The number of amides is 1. The van der Waals surface area contributed by atoms with Gasteiger partial charge in [-0.15, -0.1) is 0 Å². The lowest BCUT2D eigenvalue weighted by Crippen LogP contribution is -2.25. The molecule has 1 saturated heterocycles. The molecule has 2 aliphatic rings. The first kappa shape index (κ1) is 21.2. The van der Waals surface area contributed by atoms with Crippen LogP contribution in [0.25, 0.3) is 0 Å². The van der Waals surface area contributed by atoms with E-state index in [0.29, 0.717) is 19.7 Å². The molecule has 7 heteroatoms. The number of ketones is 1. The average molecular weight is 424 g/mol. The molecule has 0 unspecified atom stereocenters. The minimum absolute atomic E-state index is 0.00851. The maximum Gasteiger partial charge on any atom is 0.258 e. The Labute approximate surface area is 181 Å². The fraction of sp³-hybridized carbons (Fsp3) is 0.417. The zero-order valence-corrected chi connectivity index (χ0v) is 17.8. The monoisotopic (exact) mass is 424 g/mol. The van der Waals surface area contributed by atoms with Gasteiger partial charge < -0.3 is 24.7 Å². The van der Waals surface area contributed by atoms with E-state index in [1.165, 1.54) is 38.9 Å². The normalized spacial score (nSPS) is 15.8. The predicted molar refractivity (Wildman–Crippen MR) is 116 cm³/mol. The van der Waals surface area contributed by atoms with E-state index in [1.54, 1.807) is 4.90 Å². The van der Waals surface area contributed by atoms with Gasteiger partial charge in [0.15, 0.2) is 5.78 Å². The molecule has 1 fully saturated rings. The van der Waals surface area contributed by atoms with E-state index in [9.17, 15) is 19.8 Å². The Bertz CT molecular complexity index is 998. The molecule has 1 amide bonds. The average Bonchev–Trinajstić information content (AvgIpc) is 3.40. The second-order valence-electron chi connectivity index (χ2n) is 8.29. The quantitative estimate of drug-likeness (QED) is 0.524. The van der Waals surface area contributed by atoms with Crippen LogP contribution in [0.2, 0.25) is 0 Å². The molecule has 0 bridgehead atoms. The molecule has 31 heavy (non-hydrogen) atoms. The smallest absolute Gasteiger partial charge is 0.258 e. The number of fused-ring (bicyclic) bond motifs is 1. The lowest BCUT2D eigenvalue weighted by atomic mass is 10.0. The van der Waals surface area contributed by atoms with Crippen molar-refractivity contribution < 1.29 is 24.5 Å². The van der Waals surface area contributed by atoms with E-state index in [2.05, 4.69) is 4.90 Å². The van der Waals surface area contributed by atoms with Crippen molar-refractivity contribution in [1.82, 2.24) is 9.80 Å². The number of rotatable bonds is 7. The molecule has 164 valence electrons. The molecule has 7 nitrogen and oxygen atoms in total. The highest BCUT2D eigenvalue weighted by Crippen LogP contribution is 2.32. The Kier molecular flexibility index (Phi) is 6.13. The summed E-state index contributed by atoms with van der Waals surface area (Å²) in [5.74, 6) is -0.642. The van der Waals surface area contributed by atoms with Crippen molar-refractivity contribution in [2.24, 2.45) is 0 Å². The third-order valence-corrected chi connectivity index (χ3v) is 6.00. The Morgan fingerprint density at radius 2 is 1.68 bits per heavy atom. The first-order valence-corrected chi connectivity index (χ1v) is 10.8. The molecule has 2 heterocycles. The van der Waals surface area contributed by atoms with Crippen molar-refractivity contribution in [1.29, 1.82) is 0 Å². The molecule has 0 aromatic heterocycles. The van der Waals surface area contributed by atoms with E-state index in [0.717, 1.165) is 35.9 Å². The fourth-order valence-electron chi connectivity index (χ4n) is 4.29. The van der Waals surface area contributed by atoms with Gasteiger partial charge in [0.1, 0.15) is 17.2 Å². The van der Waals surface area contributed by atoms with Crippen LogP contribution in [0.1, 0.15) is 58.0 Å². The van der Waals surface area contributed by atoms with Gasteiger partial charge in [-0.2, -0.15) is 0 Å². The van der Waals surface area contributed by atoms with Crippen LogP contribution in [0, 0.1) is 0 Å². The topological polar surface area (TPSA) is 90.3 Å². The van der Waals surface area contributed by atoms with Crippen molar-refractivity contribution in [3.8, 4) is 17.2 Å². The third-order valence-electron chi connectivity index (χ3n) is 6.00. The molecule has 2 aliphatic heterocycles. The van der Waals surface area contributed by atoms with Crippen molar-refractivity contribution in [2.45, 2.75) is 39.3 Å². The third kappa shape index (κ3) is 4.66. The summed E-state index contributed by atoms with van der Waals surface area (Å²) < 4.78 is 5.91. The van der Waals surface area contributed by atoms with Gasteiger partial charge in [-0.25, -0.2) is 0 Å². The number of phenolic OH excluding ortho intramolecular Hbond substituents is 2. The lowest BCUT2D eigenvalue weighted by Gasteiger charge is -2.17. The van der Waals surface area contributed by atoms with Crippen LogP contribution < -0.4 is 4.74 Å². The van der Waals surface area contributed by atoms with E-state index in [-0.39, 0.29) is 34.3 Å². The molecular weight excluding hydrogens is 396 g/mol. The first-order chi connectivity index (χ1) is 14.9. The van der Waals surface area contributed by atoms with Gasteiger partial charge >= 0.3 is 0 Å². The van der Waals surface area contributed by atoms with Crippen LogP contribution in [0.15, 0.2) is 30.3 Å². The number of phenols is 2. The van der Waals surface area contributed by atoms with Crippen molar-refractivity contribution >= 4 is 11.7 Å². The summed E-state index contributed by atoms with van der Waals surface area (Å²) in [4.78, 5) is 28.7. The highest BCUT2D eigenvalue weighted by Gasteiger charge is 2.27. The van der Waals surface area contributed by atoms with Crippen molar-refractivity contribution in [3.63, 3.8) is 0 Å². The number of benzene rings is 2. The summed E-state index contributed by atoms with van der Waals surface area (Å²) in [6, 6.07) is 8.16. The van der Waals surface area contributed by atoms with Gasteiger partial charge in [0.05, 0.1) is 17.7 Å². The maximum absolute atomic E-state index is 13.0. The number of likely N-dealkylation sites (tertiary alicyclic amines) is 1. The summed E-state index contributed by atoms with van der Waals surface area (Å²) >= 11 is 0. The zero-order chi connectivity index (χ0) is 22.0. The molecule has 2 aromatic rings. The lowest BCUT2D eigenvalue weighted by molar-refractivity contribution is 0.0748. The van der Waals surface area contributed by atoms with Gasteiger partial charge in [0.2, 0.25) is 0 Å². The van der Waals surface area contributed by atoms with Gasteiger partial charge in [0, 0.05) is 25.7 Å². The SMILES string of the molecule is CC(=O)c1cc(C(=O)N2Cc3ccc(OCCCN4CCCC4)cc3C2)c(O)cc1O. The number of carbonyl (C=O) groups excluding carboxylic acids is 2. The largest absolute Gasteiger partial charge is 0.507 e. The number of hydrogen-bond acceptors (Lipinski definition) is 6. The van der Waals surface area contributed by atoms with Crippen LogP contribution in [-0.4, -0.2) is 57.9 Å². The predicted octanol–water partition coefficient (Wildman–Crippen LogP) is 3.32. The van der Waals surface area contributed by atoms with E-state index in [4.69, 9.17) is 4.74 Å². The molecule has 2 N–H and O–H groups in total. The molecule has 0 atom stereocenters. The van der Waals surface area contributed by atoms with Crippen molar-refractivity contribution in [2.75, 3.05) is 26.2 Å². The van der Waals surface area contributed by atoms with Crippen LogP contribution >= 0.6 is 0 Å². The number of hydrogen-bond donors (Lipinski definition) is 2. The standard InChI is InChI=1S/C24H28N2O5/c1-16(27)20-12-21(23(29)13-22(20)28)24(30)26-14-17-5-6-19(11-18(17)15-26)31-10-4-9-25-7-2-3-8-25/h5-6,11-13,28-29H,2-4,7-10,14-15H2,1H3. The summed E-state index contributed by atoms with van der Waals surface area (Å²) in [6.07, 6.45) is 3.57. The van der Waals surface area contributed by atoms with Gasteiger partial charge in [-0.1, -0.05) is 6.07 Å². The Balaban J connectivity index is 1.38. The molecule has 4 rings (SSSR count). The Morgan fingerprint density at radius 3 is 2.42 bits per heavy atom. The van der Waals surface area contributed by atoms with Crippen LogP contribution in [-0.2, 0) is 13.1 Å². The summed E-state index contributed by atoms with van der Waals surface area (Å²) in [7, 11) is 0.